The first kappa shape index (κ1) is 26.9. The Morgan fingerprint density at radius 3 is 2.40 bits per heavy atom. The van der Waals surface area contributed by atoms with Crippen LogP contribution in [0.5, 0.6) is 0 Å². The minimum Gasteiger partial charge on any atom is -0.354 e. The molecule has 3 unspecified atom stereocenters. The van der Waals surface area contributed by atoms with Crippen molar-refractivity contribution in [3.63, 3.8) is 0 Å². The van der Waals surface area contributed by atoms with E-state index in [4.69, 9.17) is 0 Å². The van der Waals surface area contributed by atoms with E-state index in [9.17, 15) is 9.59 Å². The first-order chi connectivity index (χ1) is 16.5. The van der Waals surface area contributed by atoms with E-state index >= 15 is 0 Å². The van der Waals surface area contributed by atoms with Crippen LogP contribution >= 0.6 is 0 Å². The highest BCUT2D eigenvalue weighted by Gasteiger charge is 2.33. The van der Waals surface area contributed by atoms with Gasteiger partial charge in [-0.2, -0.15) is 5.10 Å². The zero-order valence-electron chi connectivity index (χ0n) is 22.5. The number of carbonyl (C=O) groups is 2. The fourth-order valence-corrected chi connectivity index (χ4v) is 4.91. The molecule has 0 spiro atoms. The molecule has 0 bridgehead atoms. The number of aromatic nitrogens is 2. The van der Waals surface area contributed by atoms with Gasteiger partial charge < -0.3 is 15.5 Å². The Labute approximate surface area is 210 Å². The number of benzene rings is 1. The third-order valence-corrected chi connectivity index (χ3v) is 7.49. The molecule has 2 N–H and O–H groups in total. The summed E-state index contributed by atoms with van der Waals surface area (Å²) in [7, 11) is 3.96. The Bertz CT molecular complexity index is 995. The van der Waals surface area contributed by atoms with Gasteiger partial charge in [0.25, 0.3) is 5.91 Å². The van der Waals surface area contributed by atoms with Crippen LogP contribution in [0, 0.1) is 5.92 Å². The summed E-state index contributed by atoms with van der Waals surface area (Å²) >= 11 is 0. The number of carbonyl (C=O) groups excluding carboxylic acids is 2. The molecule has 2 aromatic rings. The maximum Gasteiger partial charge on any atom is 0.269 e. The van der Waals surface area contributed by atoms with Crippen molar-refractivity contribution in [1.29, 1.82) is 0 Å². The number of amides is 2. The van der Waals surface area contributed by atoms with Gasteiger partial charge in [-0.05, 0) is 57.7 Å². The van der Waals surface area contributed by atoms with Crippen LogP contribution in [0.2, 0.25) is 0 Å². The second kappa shape index (κ2) is 11.4. The predicted molar refractivity (Wildman–Crippen MR) is 140 cm³/mol. The maximum absolute atomic E-state index is 13.2. The van der Waals surface area contributed by atoms with Crippen molar-refractivity contribution >= 4 is 11.8 Å². The number of aryl methyl sites for hydroxylation is 1. The summed E-state index contributed by atoms with van der Waals surface area (Å²) in [6, 6.07) is 12.7. The first-order valence-corrected chi connectivity index (χ1v) is 12.8. The highest BCUT2D eigenvalue weighted by atomic mass is 16.2. The largest absolute Gasteiger partial charge is 0.354 e. The van der Waals surface area contributed by atoms with Crippen molar-refractivity contribution < 1.29 is 9.59 Å². The van der Waals surface area contributed by atoms with Gasteiger partial charge in [0.2, 0.25) is 5.91 Å². The predicted octanol–water partition coefficient (Wildman–Crippen LogP) is 3.68. The molecule has 1 aromatic carbocycles. The second-order valence-electron chi connectivity index (χ2n) is 11.2. The van der Waals surface area contributed by atoms with Gasteiger partial charge in [0.15, 0.2) is 0 Å². The van der Waals surface area contributed by atoms with Crippen LogP contribution in [0.15, 0.2) is 36.4 Å². The van der Waals surface area contributed by atoms with Gasteiger partial charge in [0.1, 0.15) is 5.69 Å². The lowest BCUT2D eigenvalue weighted by Gasteiger charge is -2.22. The van der Waals surface area contributed by atoms with E-state index in [2.05, 4.69) is 62.3 Å². The van der Waals surface area contributed by atoms with Crippen LogP contribution in [0.1, 0.15) is 75.6 Å². The number of hydrogen-bond donors (Lipinski definition) is 2. The zero-order valence-corrected chi connectivity index (χ0v) is 22.5. The molecular weight excluding hydrogens is 438 g/mol. The average Bonchev–Trinajstić information content (AvgIpc) is 3.32. The Hall–Kier alpha value is -2.67. The molecule has 2 amide bonds. The maximum atomic E-state index is 13.2. The van der Waals surface area contributed by atoms with Crippen LogP contribution in [0.3, 0.4) is 0 Å². The molecule has 1 aromatic heterocycles. The van der Waals surface area contributed by atoms with Crippen molar-refractivity contribution in [3.8, 4) is 0 Å². The zero-order chi connectivity index (χ0) is 25.8. The van der Waals surface area contributed by atoms with Gasteiger partial charge in [0, 0.05) is 37.5 Å². The third-order valence-electron chi connectivity index (χ3n) is 7.49. The highest BCUT2D eigenvalue weighted by Crippen LogP contribution is 2.31. The number of likely N-dealkylation sites (tertiary alicyclic amines) is 1. The Morgan fingerprint density at radius 1 is 1.14 bits per heavy atom. The molecule has 3 rings (SSSR count). The van der Waals surface area contributed by atoms with Gasteiger partial charge in [-0.3, -0.25) is 14.3 Å². The molecule has 35 heavy (non-hydrogen) atoms. The molecule has 192 valence electrons. The molecule has 1 aliphatic rings. The van der Waals surface area contributed by atoms with Crippen LogP contribution in [-0.2, 0) is 23.7 Å². The lowest BCUT2D eigenvalue weighted by Crippen LogP contribution is -2.45. The van der Waals surface area contributed by atoms with Gasteiger partial charge in [0.05, 0.1) is 11.7 Å². The molecule has 1 fully saturated rings. The van der Waals surface area contributed by atoms with Crippen LogP contribution < -0.4 is 10.6 Å². The monoisotopic (exact) mass is 481 g/mol. The third kappa shape index (κ3) is 7.17. The van der Waals surface area contributed by atoms with E-state index < -0.39 is 0 Å². The SMILES string of the molecule is CC1CC(CCC(=O)NC[C@H](Cc2ccccc2)NC(=O)c2cc(C(C)(C)C)nn2C)C(C)N1C. The summed E-state index contributed by atoms with van der Waals surface area (Å²) in [5.74, 6) is 0.409. The van der Waals surface area contributed by atoms with Crippen LogP contribution in [0.4, 0.5) is 0 Å². The van der Waals surface area contributed by atoms with E-state index in [1.54, 1.807) is 11.7 Å². The van der Waals surface area contributed by atoms with Crippen LogP contribution in [0.25, 0.3) is 0 Å². The molecule has 4 atom stereocenters. The minimum atomic E-state index is -0.224. The molecule has 0 aliphatic carbocycles. The van der Waals surface area contributed by atoms with Gasteiger partial charge in [-0.25, -0.2) is 0 Å². The molecule has 0 saturated carbocycles. The van der Waals surface area contributed by atoms with Crippen molar-refractivity contribution in [2.24, 2.45) is 13.0 Å². The molecule has 7 heteroatoms. The summed E-state index contributed by atoms with van der Waals surface area (Å²) < 4.78 is 1.63. The number of nitrogens with one attached hydrogen (secondary N) is 2. The number of rotatable bonds is 9. The van der Waals surface area contributed by atoms with E-state index in [0.29, 0.717) is 43.1 Å². The Morgan fingerprint density at radius 2 is 1.83 bits per heavy atom. The molecular formula is C28H43N5O2. The quantitative estimate of drug-likeness (QED) is 0.573. The lowest BCUT2D eigenvalue weighted by atomic mass is 9.92. The summed E-state index contributed by atoms with van der Waals surface area (Å²) in [4.78, 5) is 28.3. The second-order valence-corrected chi connectivity index (χ2v) is 11.2. The Balaban J connectivity index is 1.61. The first-order valence-electron chi connectivity index (χ1n) is 12.8. The highest BCUT2D eigenvalue weighted by molar-refractivity contribution is 5.93. The van der Waals surface area contributed by atoms with Gasteiger partial charge in [-0.15, -0.1) is 0 Å². The minimum absolute atomic E-state index is 0.0438. The molecule has 1 aliphatic heterocycles. The average molecular weight is 482 g/mol. The van der Waals surface area contributed by atoms with Crippen molar-refractivity contribution in [2.45, 2.75) is 83.8 Å². The van der Waals surface area contributed by atoms with Crippen LogP contribution in [-0.4, -0.2) is 58.2 Å². The van der Waals surface area contributed by atoms with Gasteiger partial charge >= 0.3 is 0 Å². The molecule has 1 saturated heterocycles. The summed E-state index contributed by atoms with van der Waals surface area (Å²) in [6.45, 7) is 11.1. The summed E-state index contributed by atoms with van der Waals surface area (Å²) in [5, 5.41) is 10.7. The lowest BCUT2D eigenvalue weighted by molar-refractivity contribution is -0.121. The normalized spacial score (nSPS) is 21.6. The number of nitrogens with zero attached hydrogens (tertiary/aromatic N) is 3. The number of hydrogen-bond acceptors (Lipinski definition) is 4. The Kier molecular flexibility index (Phi) is 8.75. The van der Waals surface area contributed by atoms with E-state index in [0.717, 1.165) is 24.1 Å². The van der Waals surface area contributed by atoms with Crippen molar-refractivity contribution in [2.75, 3.05) is 13.6 Å². The van der Waals surface area contributed by atoms with E-state index in [1.165, 1.54) is 0 Å². The van der Waals surface area contributed by atoms with Crippen molar-refractivity contribution in [3.05, 3.63) is 53.3 Å². The fraction of sp³-hybridized carbons (Fsp3) is 0.607. The van der Waals surface area contributed by atoms with E-state index in [-0.39, 0.29) is 23.3 Å². The molecule has 7 nitrogen and oxygen atoms in total. The van der Waals surface area contributed by atoms with E-state index in [1.807, 2.05) is 36.4 Å². The topological polar surface area (TPSA) is 79.3 Å². The molecule has 2 heterocycles. The standard InChI is InChI=1S/C28H43N5O2/c1-19-15-22(20(2)32(19)6)13-14-26(34)29-18-23(16-21-11-9-8-10-12-21)30-27(35)24-17-25(28(3,4)5)31-33(24)7/h8-12,17,19-20,22-23H,13-16,18H2,1-7H3,(H,29,34)(H,30,35)/t19?,20?,22?,23-/m0/s1. The summed E-state index contributed by atoms with van der Waals surface area (Å²) in [5.41, 5.74) is 2.37. The smallest absolute Gasteiger partial charge is 0.269 e. The summed E-state index contributed by atoms with van der Waals surface area (Å²) in [6.07, 6.45) is 3.18. The van der Waals surface area contributed by atoms with Crippen molar-refractivity contribution in [1.82, 2.24) is 25.3 Å². The fourth-order valence-electron chi connectivity index (χ4n) is 4.91. The van der Waals surface area contributed by atoms with Gasteiger partial charge in [-0.1, -0.05) is 51.1 Å². The molecule has 0 radical (unpaired) electrons.